The van der Waals surface area contributed by atoms with E-state index in [4.69, 9.17) is 4.74 Å². The van der Waals surface area contributed by atoms with Crippen LogP contribution >= 0.6 is 0 Å². The van der Waals surface area contributed by atoms with Crippen LogP contribution in [0.2, 0.25) is 0 Å². The highest BCUT2D eigenvalue weighted by Gasteiger charge is 2.14. The quantitative estimate of drug-likeness (QED) is 0.666. The molecule has 0 saturated carbocycles. The molecule has 6 nitrogen and oxygen atoms in total. The van der Waals surface area contributed by atoms with Crippen molar-refractivity contribution in [2.24, 2.45) is 0 Å². The third-order valence-electron chi connectivity index (χ3n) is 3.68. The van der Waals surface area contributed by atoms with Crippen LogP contribution in [-0.2, 0) is 16.1 Å². The Labute approximate surface area is 146 Å². The van der Waals surface area contributed by atoms with Crippen molar-refractivity contribution in [3.8, 4) is 5.75 Å². The standard InChI is InChI=1S/C19H22N2O4/c1-25-16-9-5-6-14(12-16)13-21-19(24)18(23)20-11-10-17(22)15-7-3-2-4-8-15/h2-9,12,17,22H,10-11,13H2,1H3,(H,20,23)(H,21,24)/t17-/m0/s1. The van der Waals surface area contributed by atoms with Crippen molar-refractivity contribution in [3.63, 3.8) is 0 Å². The van der Waals surface area contributed by atoms with Gasteiger partial charge in [0.05, 0.1) is 13.2 Å². The smallest absolute Gasteiger partial charge is 0.309 e. The topological polar surface area (TPSA) is 87.7 Å². The molecule has 0 saturated heterocycles. The second-order valence-corrected chi connectivity index (χ2v) is 5.51. The predicted molar refractivity (Wildman–Crippen MR) is 93.9 cm³/mol. The Balaban J connectivity index is 1.72. The van der Waals surface area contributed by atoms with Crippen LogP contribution in [-0.4, -0.2) is 30.6 Å². The summed E-state index contributed by atoms with van der Waals surface area (Å²) in [5.74, 6) is -0.744. The third-order valence-corrected chi connectivity index (χ3v) is 3.68. The second kappa shape index (κ2) is 9.44. The predicted octanol–water partition coefficient (Wildman–Crippen LogP) is 1.55. The second-order valence-electron chi connectivity index (χ2n) is 5.51. The first-order valence-electron chi connectivity index (χ1n) is 8.02. The number of carbonyl (C=O) groups excluding carboxylic acids is 2. The Morgan fingerprint density at radius 2 is 1.76 bits per heavy atom. The maximum absolute atomic E-state index is 11.8. The Kier molecular flexibility index (Phi) is 6.98. The van der Waals surface area contributed by atoms with Crippen LogP contribution in [0, 0.1) is 0 Å². The van der Waals surface area contributed by atoms with E-state index < -0.39 is 17.9 Å². The Morgan fingerprint density at radius 3 is 2.48 bits per heavy atom. The molecule has 0 unspecified atom stereocenters. The zero-order valence-electron chi connectivity index (χ0n) is 14.1. The van der Waals surface area contributed by atoms with Crippen molar-refractivity contribution in [2.75, 3.05) is 13.7 Å². The van der Waals surface area contributed by atoms with Crippen molar-refractivity contribution in [2.45, 2.75) is 19.1 Å². The zero-order chi connectivity index (χ0) is 18.1. The Hall–Kier alpha value is -2.86. The van der Waals surface area contributed by atoms with Gasteiger partial charge in [-0.3, -0.25) is 9.59 Å². The van der Waals surface area contributed by atoms with Crippen molar-refractivity contribution < 1.29 is 19.4 Å². The molecule has 6 heteroatoms. The molecule has 0 aromatic heterocycles. The number of hydrogen-bond donors (Lipinski definition) is 3. The Bertz CT molecular complexity index is 704. The number of benzene rings is 2. The van der Waals surface area contributed by atoms with Gasteiger partial charge in [-0.05, 0) is 29.7 Å². The van der Waals surface area contributed by atoms with Gasteiger partial charge in [0.1, 0.15) is 5.75 Å². The molecular weight excluding hydrogens is 320 g/mol. The van der Waals surface area contributed by atoms with Gasteiger partial charge >= 0.3 is 11.8 Å². The van der Waals surface area contributed by atoms with Gasteiger partial charge in [0.15, 0.2) is 0 Å². The fourth-order valence-corrected chi connectivity index (χ4v) is 2.29. The van der Waals surface area contributed by atoms with Crippen LogP contribution in [0.25, 0.3) is 0 Å². The highest BCUT2D eigenvalue weighted by Crippen LogP contribution is 2.15. The van der Waals surface area contributed by atoms with Gasteiger partial charge in [-0.1, -0.05) is 42.5 Å². The van der Waals surface area contributed by atoms with Crippen LogP contribution in [0.3, 0.4) is 0 Å². The summed E-state index contributed by atoms with van der Waals surface area (Å²) in [6, 6.07) is 16.4. The van der Waals surface area contributed by atoms with E-state index in [1.165, 1.54) is 0 Å². The van der Waals surface area contributed by atoms with Crippen LogP contribution in [0.4, 0.5) is 0 Å². The van der Waals surface area contributed by atoms with E-state index in [-0.39, 0.29) is 13.1 Å². The molecule has 0 aliphatic carbocycles. The summed E-state index contributed by atoms with van der Waals surface area (Å²) in [5, 5.41) is 15.1. The monoisotopic (exact) mass is 342 g/mol. The van der Waals surface area contributed by atoms with Crippen molar-refractivity contribution >= 4 is 11.8 Å². The lowest BCUT2D eigenvalue weighted by Crippen LogP contribution is -2.40. The lowest BCUT2D eigenvalue weighted by atomic mass is 10.1. The van der Waals surface area contributed by atoms with Crippen LogP contribution in [0.5, 0.6) is 5.75 Å². The molecule has 0 spiro atoms. The zero-order valence-corrected chi connectivity index (χ0v) is 14.1. The molecule has 2 rings (SSSR count). The van der Waals surface area contributed by atoms with E-state index in [0.717, 1.165) is 11.1 Å². The first-order chi connectivity index (χ1) is 12.1. The molecule has 0 fully saturated rings. The van der Waals surface area contributed by atoms with E-state index in [0.29, 0.717) is 12.2 Å². The van der Waals surface area contributed by atoms with Crippen molar-refractivity contribution in [3.05, 3.63) is 65.7 Å². The molecule has 2 aromatic rings. The van der Waals surface area contributed by atoms with Crippen molar-refractivity contribution in [1.82, 2.24) is 10.6 Å². The van der Waals surface area contributed by atoms with Crippen molar-refractivity contribution in [1.29, 1.82) is 0 Å². The molecule has 0 aliphatic rings. The summed E-state index contributed by atoms with van der Waals surface area (Å²) in [6.07, 6.45) is -0.347. The molecule has 0 radical (unpaired) electrons. The molecule has 0 aliphatic heterocycles. The number of methoxy groups -OCH3 is 1. The summed E-state index contributed by atoms with van der Waals surface area (Å²) in [7, 11) is 1.56. The first kappa shape index (κ1) is 18.5. The fourth-order valence-electron chi connectivity index (χ4n) is 2.29. The summed E-state index contributed by atoms with van der Waals surface area (Å²) >= 11 is 0. The minimum absolute atomic E-state index is 0.210. The lowest BCUT2D eigenvalue weighted by molar-refractivity contribution is -0.139. The van der Waals surface area contributed by atoms with E-state index in [9.17, 15) is 14.7 Å². The number of rotatable bonds is 7. The lowest BCUT2D eigenvalue weighted by Gasteiger charge is -2.11. The fraction of sp³-hybridized carbons (Fsp3) is 0.263. The Morgan fingerprint density at radius 1 is 1.04 bits per heavy atom. The highest BCUT2D eigenvalue weighted by molar-refractivity contribution is 6.35. The van der Waals surface area contributed by atoms with Crippen LogP contribution in [0.15, 0.2) is 54.6 Å². The number of hydrogen-bond acceptors (Lipinski definition) is 4. The molecular formula is C19H22N2O4. The summed E-state index contributed by atoms with van der Waals surface area (Å²) < 4.78 is 5.11. The maximum atomic E-state index is 11.8. The maximum Gasteiger partial charge on any atom is 0.309 e. The highest BCUT2D eigenvalue weighted by atomic mass is 16.5. The van der Waals surface area contributed by atoms with E-state index >= 15 is 0 Å². The largest absolute Gasteiger partial charge is 0.497 e. The molecule has 1 atom stereocenters. The van der Waals surface area contributed by atoms with Crippen LogP contribution in [0.1, 0.15) is 23.7 Å². The van der Waals surface area contributed by atoms with Gasteiger partial charge in [0.2, 0.25) is 0 Å². The van der Waals surface area contributed by atoms with Gasteiger partial charge in [0, 0.05) is 13.1 Å². The number of amides is 2. The van der Waals surface area contributed by atoms with Gasteiger partial charge < -0.3 is 20.5 Å². The minimum Gasteiger partial charge on any atom is -0.497 e. The molecule has 2 amide bonds. The molecule has 3 N–H and O–H groups in total. The molecule has 132 valence electrons. The molecule has 25 heavy (non-hydrogen) atoms. The van der Waals surface area contributed by atoms with E-state index in [2.05, 4.69) is 10.6 Å². The van der Waals surface area contributed by atoms with E-state index in [1.54, 1.807) is 19.2 Å². The summed E-state index contributed by atoms with van der Waals surface area (Å²) in [5.41, 5.74) is 1.61. The van der Waals surface area contributed by atoms with Gasteiger partial charge in [-0.2, -0.15) is 0 Å². The first-order valence-corrected chi connectivity index (χ1v) is 8.02. The number of nitrogens with one attached hydrogen (secondary N) is 2. The SMILES string of the molecule is COc1cccc(CNC(=O)C(=O)NCC[C@H](O)c2ccccc2)c1. The molecule has 0 heterocycles. The number of carbonyl (C=O) groups is 2. The summed E-state index contributed by atoms with van der Waals surface area (Å²) in [4.78, 5) is 23.6. The van der Waals surface area contributed by atoms with Gasteiger partial charge in [-0.25, -0.2) is 0 Å². The number of aliphatic hydroxyl groups excluding tert-OH is 1. The number of aliphatic hydroxyl groups is 1. The number of ether oxygens (including phenoxy) is 1. The average molecular weight is 342 g/mol. The summed E-state index contributed by atoms with van der Waals surface area (Å²) in [6.45, 7) is 0.442. The normalized spacial score (nSPS) is 11.4. The third kappa shape index (κ3) is 5.93. The van der Waals surface area contributed by atoms with Gasteiger partial charge in [0.25, 0.3) is 0 Å². The van der Waals surface area contributed by atoms with Gasteiger partial charge in [-0.15, -0.1) is 0 Å². The van der Waals surface area contributed by atoms with Crippen LogP contribution < -0.4 is 15.4 Å². The average Bonchev–Trinajstić information content (AvgIpc) is 2.66. The molecule has 0 bridgehead atoms. The van der Waals surface area contributed by atoms with E-state index in [1.807, 2.05) is 42.5 Å². The molecule has 2 aromatic carbocycles. The minimum atomic E-state index is -0.719.